The van der Waals surface area contributed by atoms with Gasteiger partial charge in [0.05, 0.1) is 12.2 Å². The van der Waals surface area contributed by atoms with Gasteiger partial charge in [0.25, 0.3) is 0 Å². The van der Waals surface area contributed by atoms with E-state index in [2.05, 4.69) is 50.9 Å². The number of nitrogens with zero attached hydrogens (tertiary/aromatic N) is 3. The third-order valence-electron chi connectivity index (χ3n) is 7.84. The van der Waals surface area contributed by atoms with E-state index in [1.54, 1.807) is 0 Å². The van der Waals surface area contributed by atoms with Crippen LogP contribution >= 0.6 is 39.3 Å². The molecule has 7 heteroatoms. The van der Waals surface area contributed by atoms with E-state index in [0.29, 0.717) is 18.4 Å². The van der Waals surface area contributed by atoms with Crippen molar-refractivity contribution in [1.82, 2.24) is 14.8 Å². The summed E-state index contributed by atoms with van der Waals surface area (Å²) >= 11 is 12.0. The van der Waals surface area contributed by atoms with Gasteiger partial charge in [0.15, 0.2) is 0 Å². The molecule has 5 rings (SSSR count). The van der Waals surface area contributed by atoms with Gasteiger partial charge in [-0.25, -0.2) is 0 Å². The smallest absolute Gasteiger partial charge is 0.236 e. The number of rotatable bonds is 3. The van der Waals surface area contributed by atoms with E-state index in [0.717, 1.165) is 72.9 Å². The second-order valence-corrected chi connectivity index (χ2v) is 12.3. The predicted molar refractivity (Wildman–Crippen MR) is 140 cm³/mol. The Morgan fingerprint density at radius 1 is 1.15 bits per heavy atom. The molecule has 1 aromatic carbocycles. The Bertz CT molecular complexity index is 981. The first-order valence-electron chi connectivity index (χ1n) is 12.0. The van der Waals surface area contributed by atoms with Crippen LogP contribution in [0.4, 0.5) is 0 Å². The maximum atomic E-state index is 13.0. The van der Waals surface area contributed by atoms with Crippen molar-refractivity contribution < 1.29 is 4.79 Å². The second-order valence-electron chi connectivity index (χ2n) is 9.71. The first kappa shape index (κ1) is 23.7. The number of likely N-dealkylation sites (tertiary alicyclic amines) is 1. The molecule has 1 unspecified atom stereocenters. The van der Waals surface area contributed by atoms with Gasteiger partial charge in [-0.15, -0.1) is 0 Å². The Kier molecular flexibility index (Phi) is 7.08. The van der Waals surface area contributed by atoms with Gasteiger partial charge in [0.2, 0.25) is 5.91 Å². The second kappa shape index (κ2) is 9.88. The number of carbonyl (C=O) groups excluding carboxylic acids is 1. The number of fused-ring (bicyclic) bond motifs is 2. The summed E-state index contributed by atoms with van der Waals surface area (Å²) in [6, 6.07) is 8.63. The molecule has 0 spiro atoms. The van der Waals surface area contributed by atoms with Gasteiger partial charge in [-0.1, -0.05) is 17.7 Å². The van der Waals surface area contributed by atoms with Gasteiger partial charge < -0.3 is 4.90 Å². The molecule has 0 radical (unpaired) electrons. The van der Waals surface area contributed by atoms with Gasteiger partial charge in [0.1, 0.15) is 0 Å². The average Bonchev–Trinajstić information content (AvgIpc) is 2.94. The number of piperidine rings is 1. The van der Waals surface area contributed by atoms with Crippen LogP contribution in [0.25, 0.3) is 0 Å². The number of aromatic nitrogens is 1. The van der Waals surface area contributed by atoms with Crippen LogP contribution in [0.5, 0.6) is 0 Å². The lowest BCUT2D eigenvalue weighted by molar-refractivity contribution is -0.134. The fourth-order valence-corrected chi connectivity index (χ4v) is 7.53. The standard InChI is InChI=1S/C26H31BrClN3OS/c1-26(20-6-8-31(9-7-20)24(32)17-30-10-12-33-13-11-30)23-5-4-22(28)15-18(23)2-3-19-14-21(27)16-29-25(19)26/h4-5,14-16,20H,2-3,6-13,17H2,1H3. The van der Waals surface area contributed by atoms with Crippen molar-refractivity contribution >= 4 is 45.2 Å². The van der Waals surface area contributed by atoms with Crippen LogP contribution in [0.15, 0.2) is 34.9 Å². The molecule has 1 amide bonds. The summed E-state index contributed by atoms with van der Waals surface area (Å²) < 4.78 is 1.03. The quantitative estimate of drug-likeness (QED) is 0.529. The Balaban J connectivity index is 1.40. The highest BCUT2D eigenvalue weighted by Crippen LogP contribution is 2.48. The minimum absolute atomic E-state index is 0.189. The van der Waals surface area contributed by atoms with E-state index in [1.165, 1.54) is 22.4 Å². The summed E-state index contributed by atoms with van der Waals surface area (Å²) in [6.45, 7) is 6.66. The molecule has 0 N–H and O–H groups in total. The molecule has 33 heavy (non-hydrogen) atoms. The Morgan fingerprint density at radius 2 is 1.88 bits per heavy atom. The van der Waals surface area contributed by atoms with Gasteiger partial charge in [-0.05, 0) is 89.3 Å². The summed E-state index contributed by atoms with van der Waals surface area (Å²) in [5.74, 6) is 3.00. The SMILES string of the molecule is CC1(C2CCN(C(=O)CN3CCSCC3)CC2)c2ccc(Cl)cc2CCc2cc(Br)cnc21. The molecular formula is C26H31BrClN3OS. The maximum absolute atomic E-state index is 13.0. The Morgan fingerprint density at radius 3 is 2.64 bits per heavy atom. The van der Waals surface area contributed by atoms with Gasteiger partial charge >= 0.3 is 0 Å². The number of halogens is 2. The molecular weight excluding hydrogens is 518 g/mol. The number of aryl methyl sites for hydroxylation is 2. The van der Waals surface area contributed by atoms with Crippen molar-refractivity contribution in [3.05, 3.63) is 62.3 Å². The zero-order valence-electron chi connectivity index (χ0n) is 19.2. The predicted octanol–water partition coefficient (Wildman–Crippen LogP) is 5.19. The van der Waals surface area contributed by atoms with Crippen molar-refractivity contribution in [1.29, 1.82) is 0 Å². The summed E-state index contributed by atoms with van der Waals surface area (Å²) in [7, 11) is 0. The molecule has 1 aliphatic carbocycles. The average molecular weight is 549 g/mol. The first-order chi connectivity index (χ1) is 15.9. The minimum Gasteiger partial charge on any atom is -0.342 e. The summed E-state index contributed by atoms with van der Waals surface area (Å²) in [5, 5.41) is 0.799. The summed E-state index contributed by atoms with van der Waals surface area (Å²) in [4.78, 5) is 22.4. The van der Waals surface area contributed by atoms with Crippen LogP contribution in [0, 0.1) is 5.92 Å². The van der Waals surface area contributed by atoms with E-state index in [-0.39, 0.29) is 5.41 Å². The summed E-state index contributed by atoms with van der Waals surface area (Å²) in [5.41, 5.74) is 5.02. The number of benzene rings is 1. The molecule has 3 aliphatic rings. The molecule has 4 nitrogen and oxygen atoms in total. The van der Waals surface area contributed by atoms with Crippen LogP contribution in [0.1, 0.15) is 42.1 Å². The van der Waals surface area contributed by atoms with Crippen molar-refractivity contribution in [3.8, 4) is 0 Å². The monoisotopic (exact) mass is 547 g/mol. The third kappa shape index (κ3) is 4.73. The first-order valence-corrected chi connectivity index (χ1v) is 14.3. The van der Waals surface area contributed by atoms with Crippen LogP contribution < -0.4 is 0 Å². The van der Waals surface area contributed by atoms with Gasteiger partial charge in [-0.2, -0.15) is 11.8 Å². The van der Waals surface area contributed by atoms with E-state index in [1.807, 2.05) is 24.0 Å². The van der Waals surface area contributed by atoms with Crippen molar-refractivity contribution in [2.45, 2.75) is 38.0 Å². The highest BCUT2D eigenvalue weighted by atomic mass is 79.9. The highest BCUT2D eigenvalue weighted by molar-refractivity contribution is 9.10. The third-order valence-corrected chi connectivity index (χ3v) is 9.45. The van der Waals surface area contributed by atoms with Crippen molar-refractivity contribution in [3.63, 3.8) is 0 Å². The number of hydrogen-bond donors (Lipinski definition) is 0. The molecule has 2 aliphatic heterocycles. The molecule has 1 aromatic heterocycles. The van der Waals surface area contributed by atoms with Crippen LogP contribution in [-0.2, 0) is 23.1 Å². The topological polar surface area (TPSA) is 36.4 Å². The van der Waals surface area contributed by atoms with Crippen LogP contribution in [-0.4, -0.2) is 64.9 Å². The number of thioether (sulfide) groups is 1. The Hall–Kier alpha value is -1.08. The lowest BCUT2D eigenvalue weighted by Gasteiger charge is -2.44. The van der Waals surface area contributed by atoms with Crippen molar-refractivity contribution in [2.75, 3.05) is 44.2 Å². The van der Waals surface area contributed by atoms with E-state index < -0.39 is 0 Å². The number of pyridine rings is 1. The molecule has 2 saturated heterocycles. The number of amides is 1. The van der Waals surface area contributed by atoms with E-state index in [4.69, 9.17) is 16.6 Å². The van der Waals surface area contributed by atoms with Crippen LogP contribution in [0.2, 0.25) is 5.02 Å². The van der Waals surface area contributed by atoms with Gasteiger partial charge in [-0.3, -0.25) is 14.7 Å². The fraction of sp³-hybridized carbons (Fsp3) is 0.538. The maximum Gasteiger partial charge on any atom is 0.236 e. The molecule has 0 bridgehead atoms. The zero-order valence-corrected chi connectivity index (χ0v) is 22.3. The largest absolute Gasteiger partial charge is 0.342 e. The van der Waals surface area contributed by atoms with Gasteiger partial charge in [0, 0.05) is 58.8 Å². The lowest BCUT2D eigenvalue weighted by atomic mass is 9.64. The number of hydrogen-bond acceptors (Lipinski definition) is 4. The molecule has 0 saturated carbocycles. The highest BCUT2D eigenvalue weighted by Gasteiger charge is 2.44. The molecule has 2 aromatic rings. The molecule has 2 fully saturated rings. The lowest BCUT2D eigenvalue weighted by Crippen LogP contribution is -2.49. The van der Waals surface area contributed by atoms with E-state index >= 15 is 0 Å². The fourth-order valence-electron chi connectivity index (χ4n) is 5.98. The normalized spacial score (nSPS) is 24.2. The molecule has 176 valence electrons. The van der Waals surface area contributed by atoms with Crippen LogP contribution in [0.3, 0.4) is 0 Å². The zero-order chi connectivity index (χ0) is 23.0. The van der Waals surface area contributed by atoms with E-state index in [9.17, 15) is 4.79 Å². The Labute approximate surface area is 214 Å². The minimum atomic E-state index is -0.189. The summed E-state index contributed by atoms with van der Waals surface area (Å²) in [6.07, 6.45) is 5.88. The number of carbonyl (C=O) groups is 1. The molecule has 1 atom stereocenters. The molecule has 3 heterocycles. The van der Waals surface area contributed by atoms with Crippen molar-refractivity contribution in [2.24, 2.45) is 5.92 Å².